The molecule has 1 aromatic rings. The minimum atomic E-state index is 0.674. The van der Waals surface area contributed by atoms with Crippen molar-refractivity contribution in [3.8, 4) is 0 Å². The van der Waals surface area contributed by atoms with E-state index in [0.29, 0.717) is 12.0 Å². The third-order valence-electron chi connectivity index (χ3n) is 3.31. The molecule has 82 valence electrons. The predicted octanol–water partition coefficient (Wildman–Crippen LogP) is 3.55. The van der Waals surface area contributed by atoms with Crippen LogP contribution < -0.4 is 5.32 Å². The molecule has 2 unspecified atom stereocenters. The lowest BCUT2D eigenvalue weighted by Gasteiger charge is -2.15. The van der Waals surface area contributed by atoms with Crippen molar-refractivity contribution < 1.29 is 0 Å². The quantitative estimate of drug-likeness (QED) is 0.865. The summed E-state index contributed by atoms with van der Waals surface area (Å²) >= 11 is 3.64. The highest BCUT2D eigenvalue weighted by Crippen LogP contribution is 2.32. The predicted molar refractivity (Wildman–Crippen MR) is 68.1 cm³/mol. The summed E-state index contributed by atoms with van der Waals surface area (Å²) < 4.78 is 1.25. The highest BCUT2D eigenvalue weighted by atomic mass is 79.9. The van der Waals surface area contributed by atoms with Crippen molar-refractivity contribution in [1.82, 2.24) is 5.32 Å². The van der Waals surface area contributed by atoms with Crippen LogP contribution in [0.5, 0.6) is 0 Å². The van der Waals surface area contributed by atoms with E-state index < -0.39 is 0 Å². The molecule has 1 aromatic carbocycles. The zero-order valence-electron chi connectivity index (χ0n) is 9.33. The molecule has 1 saturated heterocycles. The van der Waals surface area contributed by atoms with Crippen LogP contribution in [0, 0.1) is 5.92 Å². The Hall–Kier alpha value is -0.340. The van der Waals surface area contributed by atoms with Gasteiger partial charge in [0.25, 0.3) is 0 Å². The zero-order valence-corrected chi connectivity index (χ0v) is 10.9. The first-order chi connectivity index (χ1) is 7.18. The summed E-state index contributed by atoms with van der Waals surface area (Å²) in [6.45, 7) is 5.70. The Labute approximate surface area is 100 Å². The van der Waals surface area contributed by atoms with E-state index in [4.69, 9.17) is 0 Å². The molecular formula is C13H18BrN. The van der Waals surface area contributed by atoms with Gasteiger partial charge in [0.1, 0.15) is 0 Å². The fraction of sp³-hybridized carbons (Fsp3) is 0.538. The molecule has 2 heteroatoms. The van der Waals surface area contributed by atoms with E-state index in [0.717, 1.165) is 12.5 Å². The lowest BCUT2D eigenvalue weighted by atomic mass is 9.93. The summed E-state index contributed by atoms with van der Waals surface area (Å²) in [5, 5.41) is 3.61. The number of nitrogens with one attached hydrogen (secondary N) is 1. The summed E-state index contributed by atoms with van der Waals surface area (Å²) in [5.41, 5.74) is 1.45. The van der Waals surface area contributed by atoms with Crippen molar-refractivity contribution in [3.63, 3.8) is 0 Å². The van der Waals surface area contributed by atoms with Crippen LogP contribution >= 0.6 is 15.9 Å². The van der Waals surface area contributed by atoms with E-state index in [1.807, 2.05) is 0 Å². The molecule has 0 bridgehead atoms. The van der Waals surface area contributed by atoms with Gasteiger partial charge in [-0.3, -0.25) is 0 Å². The first-order valence-electron chi connectivity index (χ1n) is 5.66. The number of hydrogen-bond donors (Lipinski definition) is 1. The highest BCUT2D eigenvalue weighted by Gasteiger charge is 2.27. The van der Waals surface area contributed by atoms with Crippen LogP contribution in [0.3, 0.4) is 0 Å². The normalized spacial score (nSPS) is 26.1. The van der Waals surface area contributed by atoms with Gasteiger partial charge in [-0.1, -0.05) is 48.0 Å². The summed E-state index contributed by atoms with van der Waals surface area (Å²) in [4.78, 5) is 0. The van der Waals surface area contributed by atoms with Crippen LogP contribution in [-0.4, -0.2) is 12.6 Å². The maximum Gasteiger partial charge on any atom is 0.0210 e. The topological polar surface area (TPSA) is 12.0 Å². The van der Waals surface area contributed by atoms with Crippen molar-refractivity contribution in [2.24, 2.45) is 5.92 Å². The summed E-state index contributed by atoms with van der Waals surface area (Å²) in [6.07, 6.45) is 1.26. The summed E-state index contributed by atoms with van der Waals surface area (Å²) in [6, 6.07) is 9.26. The fourth-order valence-corrected chi connectivity index (χ4v) is 2.93. The third-order valence-corrected chi connectivity index (χ3v) is 4.04. The molecule has 0 saturated carbocycles. The Morgan fingerprint density at radius 3 is 2.67 bits per heavy atom. The molecule has 0 radical (unpaired) electrons. The van der Waals surface area contributed by atoms with Crippen molar-refractivity contribution in [2.45, 2.75) is 32.2 Å². The lowest BCUT2D eigenvalue weighted by molar-refractivity contribution is 0.449. The van der Waals surface area contributed by atoms with Crippen molar-refractivity contribution >= 4 is 15.9 Å². The Balaban J connectivity index is 2.11. The first-order valence-corrected chi connectivity index (χ1v) is 6.45. The van der Waals surface area contributed by atoms with Gasteiger partial charge in [0.2, 0.25) is 0 Å². The summed E-state index contributed by atoms with van der Waals surface area (Å²) in [7, 11) is 0. The molecule has 1 heterocycles. The fourth-order valence-electron chi connectivity index (χ4n) is 2.32. The average Bonchev–Trinajstić information content (AvgIpc) is 2.67. The smallest absolute Gasteiger partial charge is 0.0210 e. The van der Waals surface area contributed by atoms with Crippen LogP contribution in [0.25, 0.3) is 0 Å². The maximum atomic E-state index is 3.64. The Morgan fingerprint density at radius 1 is 1.33 bits per heavy atom. The molecule has 0 aromatic heterocycles. The van der Waals surface area contributed by atoms with Crippen LogP contribution in [0.15, 0.2) is 28.7 Å². The molecule has 15 heavy (non-hydrogen) atoms. The number of halogens is 1. The highest BCUT2D eigenvalue weighted by molar-refractivity contribution is 9.10. The van der Waals surface area contributed by atoms with Crippen LogP contribution in [0.4, 0.5) is 0 Å². The van der Waals surface area contributed by atoms with Crippen molar-refractivity contribution in [3.05, 3.63) is 34.3 Å². The van der Waals surface area contributed by atoms with Crippen LogP contribution in [-0.2, 0) is 0 Å². The second-order valence-corrected chi connectivity index (χ2v) is 5.57. The van der Waals surface area contributed by atoms with Gasteiger partial charge in [-0.2, -0.15) is 0 Å². The van der Waals surface area contributed by atoms with Crippen LogP contribution in [0.1, 0.15) is 31.7 Å². The second-order valence-electron chi connectivity index (χ2n) is 4.71. The largest absolute Gasteiger partial charge is 0.313 e. The lowest BCUT2D eigenvalue weighted by Crippen LogP contribution is -2.26. The zero-order chi connectivity index (χ0) is 10.8. The maximum absolute atomic E-state index is 3.64. The first kappa shape index (κ1) is 11.2. The molecule has 1 nitrogen and oxygen atoms in total. The number of hydrogen-bond acceptors (Lipinski definition) is 1. The Kier molecular flexibility index (Phi) is 3.47. The van der Waals surface area contributed by atoms with Crippen LogP contribution in [0.2, 0.25) is 0 Å². The third kappa shape index (κ3) is 2.43. The minimum Gasteiger partial charge on any atom is -0.313 e. The van der Waals surface area contributed by atoms with E-state index >= 15 is 0 Å². The second kappa shape index (κ2) is 4.67. The number of rotatable bonds is 2. The molecule has 0 aliphatic carbocycles. The number of benzene rings is 1. The Bertz CT molecular complexity index is 335. The van der Waals surface area contributed by atoms with E-state index in [1.165, 1.54) is 16.5 Å². The van der Waals surface area contributed by atoms with Gasteiger partial charge in [0.05, 0.1) is 0 Å². The molecule has 0 spiro atoms. The van der Waals surface area contributed by atoms with E-state index in [9.17, 15) is 0 Å². The SMILES string of the molecule is CC(C)C1CC(c2ccccc2Br)CN1. The van der Waals surface area contributed by atoms with Gasteiger partial charge < -0.3 is 5.32 Å². The monoisotopic (exact) mass is 267 g/mol. The van der Waals surface area contributed by atoms with Gasteiger partial charge in [-0.15, -0.1) is 0 Å². The van der Waals surface area contributed by atoms with Crippen molar-refractivity contribution in [1.29, 1.82) is 0 Å². The van der Waals surface area contributed by atoms with Gasteiger partial charge in [-0.05, 0) is 29.9 Å². The van der Waals surface area contributed by atoms with E-state index in [-0.39, 0.29) is 0 Å². The van der Waals surface area contributed by atoms with Gasteiger partial charge in [0.15, 0.2) is 0 Å². The summed E-state index contributed by atoms with van der Waals surface area (Å²) in [5.74, 6) is 1.41. The van der Waals surface area contributed by atoms with E-state index in [1.54, 1.807) is 0 Å². The molecule has 1 aliphatic rings. The average molecular weight is 268 g/mol. The van der Waals surface area contributed by atoms with Gasteiger partial charge >= 0.3 is 0 Å². The molecule has 1 N–H and O–H groups in total. The molecule has 2 atom stereocenters. The molecule has 2 rings (SSSR count). The molecular weight excluding hydrogens is 250 g/mol. The standard InChI is InChI=1S/C13H18BrN/c1-9(2)13-7-10(8-15-13)11-5-3-4-6-12(11)14/h3-6,9-10,13,15H,7-8H2,1-2H3. The Morgan fingerprint density at radius 2 is 2.07 bits per heavy atom. The van der Waals surface area contributed by atoms with Gasteiger partial charge in [-0.25, -0.2) is 0 Å². The minimum absolute atomic E-state index is 0.674. The van der Waals surface area contributed by atoms with Crippen molar-refractivity contribution in [2.75, 3.05) is 6.54 Å². The van der Waals surface area contributed by atoms with Gasteiger partial charge in [0, 0.05) is 17.1 Å². The molecule has 0 amide bonds. The van der Waals surface area contributed by atoms with E-state index in [2.05, 4.69) is 59.4 Å². The molecule has 1 fully saturated rings. The molecule has 1 aliphatic heterocycles.